The molecule has 100 valence electrons. The molecule has 1 heterocycles. The van der Waals surface area contributed by atoms with Gasteiger partial charge in [0.25, 0.3) is 0 Å². The fraction of sp³-hybridized carbons (Fsp3) is 0.571. The molecular formula is C14H20FNOS. The molecule has 4 heteroatoms. The molecule has 1 fully saturated rings. The second kappa shape index (κ2) is 5.39. The number of ether oxygens (including phenoxy) is 1. The van der Waals surface area contributed by atoms with Gasteiger partial charge in [-0.05, 0) is 29.7 Å². The van der Waals surface area contributed by atoms with Crippen molar-refractivity contribution in [3.63, 3.8) is 0 Å². The van der Waals surface area contributed by atoms with Crippen LogP contribution in [0.3, 0.4) is 0 Å². The van der Waals surface area contributed by atoms with Gasteiger partial charge < -0.3 is 10.1 Å². The standard InChI is InChI=1S/C14H20FNOS/c1-14(2)7-11(8-18-9-14)16-12-5-4-10(15)6-13(12)17-3/h4-6,11,16H,7-9H2,1-3H3. The minimum absolute atomic E-state index is 0.268. The molecule has 2 rings (SSSR count). The van der Waals surface area contributed by atoms with Gasteiger partial charge in [0.15, 0.2) is 0 Å². The Morgan fingerprint density at radius 1 is 1.44 bits per heavy atom. The lowest BCUT2D eigenvalue weighted by Crippen LogP contribution is -2.35. The predicted octanol–water partition coefficient (Wildman–Crippen LogP) is 3.78. The summed E-state index contributed by atoms with van der Waals surface area (Å²) in [5.74, 6) is 2.59. The minimum atomic E-state index is -0.268. The highest BCUT2D eigenvalue weighted by Gasteiger charge is 2.28. The third-order valence-corrected chi connectivity index (χ3v) is 4.76. The van der Waals surface area contributed by atoms with Crippen LogP contribution in [-0.2, 0) is 0 Å². The monoisotopic (exact) mass is 269 g/mol. The first-order chi connectivity index (χ1) is 8.50. The van der Waals surface area contributed by atoms with Crippen LogP contribution in [0.4, 0.5) is 10.1 Å². The third kappa shape index (κ3) is 3.31. The molecule has 0 saturated carbocycles. The topological polar surface area (TPSA) is 21.3 Å². The Hall–Kier alpha value is -0.900. The highest BCUT2D eigenvalue weighted by Crippen LogP contribution is 2.36. The van der Waals surface area contributed by atoms with Gasteiger partial charge in [-0.25, -0.2) is 4.39 Å². The lowest BCUT2D eigenvalue weighted by atomic mass is 9.88. The molecule has 0 bridgehead atoms. The Labute approximate surface area is 112 Å². The van der Waals surface area contributed by atoms with Crippen LogP contribution in [0.25, 0.3) is 0 Å². The second-order valence-corrected chi connectivity index (χ2v) is 6.60. The molecule has 0 aliphatic carbocycles. The summed E-state index contributed by atoms with van der Waals surface area (Å²) in [6, 6.07) is 5.05. The van der Waals surface area contributed by atoms with Crippen LogP contribution < -0.4 is 10.1 Å². The van der Waals surface area contributed by atoms with Gasteiger partial charge in [0.2, 0.25) is 0 Å². The van der Waals surface area contributed by atoms with Gasteiger partial charge in [0, 0.05) is 17.9 Å². The van der Waals surface area contributed by atoms with E-state index >= 15 is 0 Å². The molecule has 1 aromatic rings. The largest absolute Gasteiger partial charge is 0.494 e. The number of anilines is 1. The van der Waals surface area contributed by atoms with Crippen molar-refractivity contribution in [2.24, 2.45) is 5.41 Å². The van der Waals surface area contributed by atoms with Crippen molar-refractivity contribution in [3.05, 3.63) is 24.0 Å². The average Bonchev–Trinajstić information content (AvgIpc) is 2.30. The van der Waals surface area contributed by atoms with Crippen LogP contribution in [0.15, 0.2) is 18.2 Å². The molecule has 1 atom stereocenters. The number of hydrogen-bond donors (Lipinski definition) is 1. The zero-order valence-electron chi connectivity index (χ0n) is 11.1. The Balaban J connectivity index is 2.09. The second-order valence-electron chi connectivity index (χ2n) is 5.57. The molecule has 1 unspecified atom stereocenters. The van der Waals surface area contributed by atoms with E-state index in [0.29, 0.717) is 17.2 Å². The summed E-state index contributed by atoms with van der Waals surface area (Å²) in [5.41, 5.74) is 1.23. The van der Waals surface area contributed by atoms with Crippen molar-refractivity contribution >= 4 is 17.4 Å². The first kappa shape index (κ1) is 13.5. The lowest BCUT2D eigenvalue weighted by Gasteiger charge is -2.35. The molecule has 0 amide bonds. The summed E-state index contributed by atoms with van der Waals surface area (Å²) in [6.45, 7) is 4.57. The maximum Gasteiger partial charge on any atom is 0.144 e. The zero-order chi connectivity index (χ0) is 13.2. The maximum absolute atomic E-state index is 13.1. The van der Waals surface area contributed by atoms with E-state index in [-0.39, 0.29) is 5.82 Å². The van der Waals surface area contributed by atoms with E-state index in [9.17, 15) is 4.39 Å². The zero-order valence-corrected chi connectivity index (χ0v) is 11.9. The number of nitrogens with one attached hydrogen (secondary N) is 1. The van der Waals surface area contributed by atoms with Gasteiger partial charge >= 0.3 is 0 Å². The number of rotatable bonds is 3. The van der Waals surface area contributed by atoms with Gasteiger partial charge in [-0.15, -0.1) is 0 Å². The van der Waals surface area contributed by atoms with Crippen LogP contribution >= 0.6 is 11.8 Å². The molecule has 1 aliphatic rings. The first-order valence-electron chi connectivity index (χ1n) is 6.18. The van der Waals surface area contributed by atoms with Crippen LogP contribution in [0.1, 0.15) is 20.3 Å². The maximum atomic E-state index is 13.1. The molecule has 0 radical (unpaired) electrons. The van der Waals surface area contributed by atoms with E-state index in [1.807, 2.05) is 11.8 Å². The number of benzene rings is 1. The van der Waals surface area contributed by atoms with Gasteiger partial charge in [-0.3, -0.25) is 0 Å². The molecule has 0 spiro atoms. The lowest BCUT2D eigenvalue weighted by molar-refractivity contribution is 0.356. The molecule has 1 saturated heterocycles. The van der Waals surface area contributed by atoms with Crippen molar-refractivity contribution in [2.75, 3.05) is 23.9 Å². The molecule has 1 aromatic carbocycles. The normalized spacial score (nSPS) is 22.6. The number of hydrogen-bond acceptors (Lipinski definition) is 3. The fourth-order valence-electron chi connectivity index (χ4n) is 2.36. The van der Waals surface area contributed by atoms with Gasteiger partial charge in [0.1, 0.15) is 11.6 Å². The SMILES string of the molecule is COc1cc(F)ccc1NC1CSCC(C)(C)C1. The van der Waals surface area contributed by atoms with E-state index in [4.69, 9.17) is 4.74 Å². The Kier molecular flexibility index (Phi) is 4.05. The molecule has 1 N–H and O–H groups in total. The summed E-state index contributed by atoms with van der Waals surface area (Å²) in [5, 5.41) is 3.47. The van der Waals surface area contributed by atoms with Gasteiger partial charge in [-0.1, -0.05) is 13.8 Å². The fourth-order valence-corrected chi connectivity index (χ4v) is 3.63. The summed E-state index contributed by atoms with van der Waals surface area (Å²) in [7, 11) is 1.57. The van der Waals surface area contributed by atoms with Crippen LogP contribution in [0.5, 0.6) is 5.75 Å². The smallest absolute Gasteiger partial charge is 0.144 e. The summed E-state index contributed by atoms with van der Waals surface area (Å²) < 4.78 is 18.3. The average molecular weight is 269 g/mol. The van der Waals surface area contributed by atoms with E-state index < -0.39 is 0 Å². The van der Waals surface area contributed by atoms with Gasteiger partial charge in [0.05, 0.1) is 12.8 Å². The van der Waals surface area contributed by atoms with Crippen LogP contribution in [-0.4, -0.2) is 24.7 Å². The quantitative estimate of drug-likeness (QED) is 0.902. The molecule has 18 heavy (non-hydrogen) atoms. The Bertz CT molecular complexity index is 422. The van der Waals surface area contributed by atoms with E-state index in [1.165, 1.54) is 17.9 Å². The molecule has 1 aliphatic heterocycles. The molecule has 2 nitrogen and oxygen atoms in total. The highest BCUT2D eigenvalue weighted by atomic mass is 32.2. The molecular weight excluding hydrogens is 249 g/mol. The van der Waals surface area contributed by atoms with E-state index in [0.717, 1.165) is 17.9 Å². The van der Waals surface area contributed by atoms with Crippen LogP contribution in [0.2, 0.25) is 0 Å². The first-order valence-corrected chi connectivity index (χ1v) is 7.33. The summed E-state index contributed by atoms with van der Waals surface area (Å²) in [6.07, 6.45) is 1.13. The number of halogens is 1. The van der Waals surface area contributed by atoms with Crippen molar-refractivity contribution in [2.45, 2.75) is 26.3 Å². The summed E-state index contributed by atoms with van der Waals surface area (Å²) in [4.78, 5) is 0. The Morgan fingerprint density at radius 2 is 2.22 bits per heavy atom. The van der Waals surface area contributed by atoms with E-state index in [1.54, 1.807) is 13.2 Å². The third-order valence-electron chi connectivity index (χ3n) is 3.13. The van der Waals surface area contributed by atoms with Gasteiger partial charge in [-0.2, -0.15) is 11.8 Å². The van der Waals surface area contributed by atoms with E-state index in [2.05, 4.69) is 19.2 Å². The van der Waals surface area contributed by atoms with Crippen molar-refractivity contribution < 1.29 is 9.13 Å². The van der Waals surface area contributed by atoms with Crippen LogP contribution in [0, 0.1) is 11.2 Å². The number of thioether (sulfide) groups is 1. The number of methoxy groups -OCH3 is 1. The molecule has 0 aromatic heterocycles. The van der Waals surface area contributed by atoms with Crippen molar-refractivity contribution in [1.29, 1.82) is 0 Å². The highest BCUT2D eigenvalue weighted by molar-refractivity contribution is 7.99. The van der Waals surface area contributed by atoms with Crippen molar-refractivity contribution in [1.82, 2.24) is 0 Å². The predicted molar refractivity (Wildman–Crippen MR) is 76.1 cm³/mol. The Morgan fingerprint density at radius 3 is 2.89 bits per heavy atom. The van der Waals surface area contributed by atoms with Crippen molar-refractivity contribution in [3.8, 4) is 5.75 Å². The minimum Gasteiger partial charge on any atom is -0.494 e. The summed E-state index contributed by atoms with van der Waals surface area (Å²) >= 11 is 1.97.